The third-order valence-electron chi connectivity index (χ3n) is 6.40. The second kappa shape index (κ2) is 19.7. The molecule has 0 amide bonds. The van der Waals surface area contributed by atoms with E-state index in [0.29, 0.717) is 13.0 Å². The fourth-order valence-corrected chi connectivity index (χ4v) is 4.72. The number of hydrogen-bond acceptors (Lipinski definition) is 6. The summed E-state index contributed by atoms with van der Waals surface area (Å²) < 4.78 is 37.8. The smallest absolute Gasteiger partial charge is 0.350 e. The summed E-state index contributed by atoms with van der Waals surface area (Å²) in [5, 5.41) is 0. The van der Waals surface area contributed by atoms with Gasteiger partial charge in [-0.1, -0.05) is 97.3 Å². The number of nitrogens with two attached hydrogens (primary N) is 1. The maximum atomic E-state index is 14.9. The van der Waals surface area contributed by atoms with Crippen LogP contribution in [-0.4, -0.2) is 38.9 Å². The van der Waals surface area contributed by atoms with E-state index in [1.54, 1.807) is 0 Å². The molecule has 0 saturated carbocycles. The van der Waals surface area contributed by atoms with Crippen LogP contribution >= 0.6 is 7.60 Å². The van der Waals surface area contributed by atoms with Crippen molar-refractivity contribution in [2.75, 3.05) is 25.3 Å². The molecular formula is C26H49FN3O6P. The van der Waals surface area contributed by atoms with Gasteiger partial charge in [0.05, 0.1) is 18.8 Å². The van der Waals surface area contributed by atoms with Crippen LogP contribution in [-0.2, 0) is 20.6 Å². The van der Waals surface area contributed by atoms with Gasteiger partial charge < -0.3 is 25.0 Å². The second-order valence-corrected chi connectivity index (χ2v) is 11.3. The number of unbranched alkanes of at least 4 members (excludes halogenated alkanes) is 13. The lowest BCUT2D eigenvalue weighted by Crippen LogP contribution is -2.32. The average Bonchev–Trinajstić information content (AvgIpc) is 2.84. The zero-order chi connectivity index (χ0) is 27.5. The van der Waals surface area contributed by atoms with Crippen molar-refractivity contribution in [1.82, 2.24) is 9.55 Å². The summed E-state index contributed by atoms with van der Waals surface area (Å²) >= 11 is 0. The zero-order valence-corrected chi connectivity index (χ0v) is 23.7. The van der Waals surface area contributed by atoms with Crippen LogP contribution in [0.2, 0.25) is 0 Å². The van der Waals surface area contributed by atoms with Gasteiger partial charge in [-0.15, -0.1) is 0 Å². The van der Waals surface area contributed by atoms with Crippen molar-refractivity contribution in [2.24, 2.45) is 0 Å². The topological polar surface area (TPSA) is 137 Å². The van der Waals surface area contributed by atoms with Crippen molar-refractivity contribution in [1.29, 1.82) is 0 Å². The molecule has 1 aromatic heterocycles. The number of halogens is 1. The molecule has 0 saturated heterocycles. The maximum absolute atomic E-state index is 14.9. The van der Waals surface area contributed by atoms with Gasteiger partial charge in [0.2, 0.25) is 0 Å². The molecule has 0 fully saturated rings. The van der Waals surface area contributed by atoms with Gasteiger partial charge in [0, 0.05) is 6.61 Å². The van der Waals surface area contributed by atoms with E-state index in [1.165, 1.54) is 70.6 Å². The molecule has 1 unspecified atom stereocenters. The first-order valence-corrected chi connectivity index (χ1v) is 15.8. The predicted octanol–water partition coefficient (Wildman–Crippen LogP) is 6.07. The molecule has 1 aromatic rings. The molecule has 0 aliphatic heterocycles. The molecule has 0 spiro atoms. The number of hydrogen-bond donors (Lipinski definition) is 3. The van der Waals surface area contributed by atoms with E-state index < -0.39 is 37.4 Å². The van der Waals surface area contributed by atoms with E-state index in [1.807, 2.05) is 6.92 Å². The summed E-state index contributed by atoms with van der Waals surface area (Å²) in [7, 11) is -4.34. The lowest BCUT2D eigenvalue weighted by atomic mass is 10.0. The van der Waals surface area contributed by atoms with Crippen molar-refractivity contribution in [3.05, 3.63) is 22.0 Å². The minimum absolute atomic E-state index is 0.00913. The highest BCUT2D eigenvalue weighted by atomic mass is 31.2. The van der Waals surface area contributed by atoms with Gasteiger partial charge in [0.15, 0.2) is 11.6 Å². The fraction of sp³-hybridized carbons (Fsp3) is 0.846. The quantitative estimate of drug-likeness (QED) is 0.111. The number of ether oxygens (including phenoxy) is 2. The van der Waals surface area contributed by atoms with Crippen molar-refractivity contribution in [3.8, 4) is 0 Å². The minimum Gasteiger partial charge on any atom is -0.381 e. The normalized spacial score (nSPS) is 12.8. The molecule has 0 aliphatic carbocycles. The molecule has 0 radical (unpaired) electrons. The molecule has 1 atom stereocenters. The third kappa shape index (κ3) is 15.0. The predicted molar refractivity (Wildman–Crippen MR) is 145 cm³/mol. The summed E-state index contributed by atoms with van der Waals surface area (Å²) in [5.41, 5.74) is 4.82. The fourth-order valence-electron chi connectivity index (χ4n) is 4.35. The Hall–Kier alpha value is -1.32. The Kier molecular flexibility index (Phi) is 18.0. The lowest BCUT2D eigenvalue weighted by molar-refractivity contribution is 0.0369. The first-order chi connectivity index (χ1) is 17.7. The zero-order valence-electron chi connectivity index (χ0n) is 22.8. The summed E-state index contributed by atoms with van der Waals surface area (Å²) in [6.07, 6.45) is 16.5. The lowest BCUT2D eigenvalue weighted by Gasteiger charge is -2.22. The van der Waals surface area contributed by atoms with E-state index in [2.05, 4.69) is 11.9 Å². The number of rotatable bonds is 23. The second-order valence-electron chi connectivity index (χ2n) is 9.70. The van der Waals surface area contributed by atoms with Gasteiger partial charge in [-0.2, -0.15) is 4.98 Å². The van der Waals surface area contributed by atoms with Crippen LogP contribution in [0.25, 0.3) is 0 Å². The van der Waals surface area contributed by atoms with E-state index in [9.17, 15) is 13.8 Å². The Balaban J connectivity index is 2.36. The first-order valence-electron chi connectivity index (χ1n) is 14.0. The minimum atomic E-state index is -4.34. The molecule has 0 bridgehead atoms. The van der Waals surface area contributed by atoms with Crippen LogP contribution in [0.1, 0.15) is 122 Å². The Morgan fingerprint density at radius 3 is 1.92 bits per heavy atom. The molecule has 11 heteroatoms. The molecule has 1 heterocycles. The standard InChI is InChI=1S/C26H49FN3O6P/c1-3-5-6-7-8-9-10-11-12-13-14-15-16-17-19-36-22(4-2)24-23(27)25(28)29-26(31)30(24)18-20-35-21-37(32,33)34/h22H,3-21H2,1-2H3,(H2,28,29,31)(H2,32,33,34). The van der Waals surface area contributed by atoms with Crippen LogP contribution in [0.3, 0.4) is 0 Å². The monoisotopic (exact) mass is 549 g/mol. The van der Waals surface area contributed by atoms with Crippen molar-refractivity contribution < 1.29 is 28.2 Å². The van der Waals surface area contributed by atoms with Crippen LogP contribution in [0.5, 0.6) is 0 Å². The summed E-state index contributed by atoms with van der Waals surface area (Å²) in [6.45, 7) is 4.18. The highest BCUT2D eigenvalue weighted by Crippen LogP contribution is 2.33. The van der Waals surface area contributed by atoms with Gasteiger partial charge in [0.1, 0.15) is 12.5 Å². The van der Waals surface area contributed by atoms with Crippen LogP contribution < -0.4 is 11.4 Å². The Morgan fingerprint density at radius 1 is 0.919 bits per heavy atom. The molecular weight excluding hydrogens is 500 g/mol. The molecule has 216 valence electrons. The van der Waals surface area contributed by atoms with E-state index >= 15 is 0 Å². The van der Waals surface area contributed by atoms with Gasteiger partial charge in [-0.05, 0) is 12.8 Å². The Labute approximate surface area is 221 Å². The molecule has 37 heavy (non-hydrogen) atoms. The molecule has 0 aromatic carbocycles. The highest BCUT2D eigenvalue weighted by Gasteiger charge is 2.24. The van der Waals surface area contributed by atoms with Crippen LogP contribution in [0, 0.1) is 5.82 Å². The molecule has 0 aliphatic rings. The average molecular weight is 550 g/mol. The molecule has 4 N–H and O–H groups in total. The largest absolute Gasteiger partial charge is 0.381 e. The number of aromatic nitrogens is 2. The van der Waals surface area contributed by atoms with Gasteiger partial charge in [0.25, 0.3) is 0 Å². The third-order valence-corrected chi connectivity index (χ3v) is 6.92. The first kappa shape index (κ1) is 33.7. The SMILES string of the molecule is CCCCCCCCCCCCCCCCOC(CC)c1c(F)c(N)nc(=O)n1CCOCP(=O)(O)O. The summed E-state index contributed by atoms with van der Waals surface area (Å²) in [6, 6.07) is 0. The number of nitrogen functional groups attached to an aromatic ring is 1. The highest BCUT2D eigenvalue weighted by molar-refractivity contribution is 7.51. The van der Waals surface area contributed by atoms with Crippen molar-refractivity contribution in [2.45, 2.75) is 123 Å². The summed E-state index contributed by atoms with van der Waals surface area (Å²) in [5.74, 6) is -1.31. The van der Waals surface area contributed by atoms with Crippen LogP contribution in [0.4, 0.5) is 10.2 Å². The number of anilines is 1. The van der Waals surface area contributed by atoms with E-state index in [4.69, 9.17) is 25.0 Å². The maximum Gasteiger partial charge on any atom is 0.350 e. The van der Waals surface area contributed by atoms with Gasteiger partial charge in [-0.25, -0.2) is 9.18 Å². The van der Waals surface area contributed by atoms with E-state index in [-0.39, 0.29) is 18.8 Å². The number of nitrogens with zero attached hydrogens (tertiary/aromatic N) is 2. The van der Waals surface area contributed by atoms with Crippen LogP contribution in [0.15, 0.2) is 4.79 Å². The van der Waals surface area contributed by atoms with E-state index in [0.717, 1.165) is 23.8 Å². The van der Waals surface area contributed by atoms with Gasteiger partial charge in [-0.3, -0.25) is 9.13 Å². The Morgan fingerprint density at radius 2 is 1.43 bits per heavy atom. The van der Waals surface area contributed by atoms with Crippen molar-refractivity contribution in [3.63, 3.8) is 0 Å². The Bertz CT molecular complexity index is 848. The van der Waals surface area contributed by atoms with Gasteiger partial charge >= 0.3 is 13.3 Å². The van der Waals surface area contributed by atoms with Crippen molar-refractivity contribution >= 4 is 13.4 Å². The summed E-state index contributed by atoms with van der Waals surface area (Å²) in [4.78, 5) is 33.7. The molecule has 9 nitrogen and oxygen atoms in total. The molecule has 1 rings (SSSR count).